The van der Waals surface area contributed by atoms with Gasteiger partial charge in [-0.3, -0.25) is 0 Å². The van der Waals surface area contributed by atoms with Crippen LogP contribution in [0.25, 0.3) is 32.7 Å². The molecule has 0 saturated carbocycles. The van der Waals surface area contributed by atoms with Crippen LogP contribution in [0, 0.1) is 0 Å². The predicted octanol–water partition coefficient (Wildman–Crippen LogP) is 11.3. The minimum atomic E-state index is -3.09. The fraction of sp³-hybridized carbons (Fsp3) is 0.0196. The minimum absolute atomic E-state index is 0.000832. The molecule has 1 atom stereocenters. The van der Waals surface area contributed by atoms with Gasteiger partial charge in [-0.25, -0.2) is 0 Å². The molecule has 9 aromatic carbocycles. The third kappa shape index (κ3) is 6.06. The zero-order valence-corrected chi connectivity index (χ0v) is 32.7. The third-order valence-corrected chi connectivity index (χ3v) is 15.6. The maximum Gasteiger partial charge on any atom is 0.415 e. The Morgan fingerprint density at radius 1 is 0.456 bits per heavy atom. The SMILES string of the molecule is O=P(c1ccccc1)(c1ccccc1)c1ccc2cc3c(cc2c1)-c1ccc2ccccc2c1C1Nc2ccccc2N31.O=[P+](c1ccccc1)c1ccccc1. The van der Waals surface area contributed by atoms with Crippen molar-refractivity contribution in [1.29, 1.82) is 0 Å². The molecule has 0 fully saturated rings. The molecule has 1 N–H and O–H groups in total. The van der Waals surface area contributed by atoms with E-state index in [1.54, 1.807) is 0 Å². The van der Waals surface area contributed by atoms with E-state index in [4.69, 9.17) is 0 Å². The Kier molecular flexibility index (Phi) is 8.87. The molecule has 1 unspecified atom stereocenters. The van der Waals surface area contributed by atoms with Crippen molar-refractivity contribution in [2.45, 2.75) is 6.17 Å². The molecule has 6 heteroatoms. The molecule has 0 bridgehead atoms. The second-order valence-corrected chi connectivity index (χ2v) is 18.7. The lowest BCUT2D eigenvalue weighted by molar-refractivity contribution is 0.592. The summed E-state index contributed by atoms with van der Waals surface area (Å²) in [5.41, 5.74) is 7.21. The maximum absolute atomic E-state index is 15.2. The van der Waals surface area contributed by atoms with Crippen molar-refractivity contribution < 1.29 is 9.13 Å². The molecule has 11 rings (SSSR count). The standard InChI is InChI=1S/C39H27N2OP.C12H10OP/c42-43(29-12-3-1-4-13-29,30-14-5-2-6-15-30)31-21-19-27-25-37-34(24-28(27)23-31)33-22-20-26-11-7-8-16-32(26)38(33)39-40-35-17-9-10-18-36(35)41(37)39;13-14(11-7-3-1-4-8-11)12-9-5-2-6-10-12/h1-25,39-40H;1-10H/q;+1. The monoisotopic (exact) mass is 771 g/mol. The molecule has 272 valence electrons. The van der Waals surface area contributed by atoms with Gasteiger partial charge in [-0.05, 0) is 81.7 Å². The first-order valence-corrected chi connectivity index (χ1v) is 22.1. The van der Waals surface area contributed by atoms with Gasteiger partial charge in [0.2, 0.25) is 0 Å². The highest BCUT2D eigenvalue weighted by Crippen LogP contribution is 2.56. The van der Waals surface area contributed by atoms with Crippen molar-refractivity contribution >= 4 is 80.1 Å². The van der Waals surface area contributed by atoms with Gasteiger partial charge in [-0.2, -0.15) is 0 Å². The lowest BCUT2D eigenvalue weighted by Gasteiger charge is -2.36. The van der Waals surface area contributed by atoms with Gasteiger partial charge in [0.05, 0.1) is 17.1 Å². The van der Waals surface area contributed by atoms with Crippen molar-refractivity contribution in [2.24, 2.45) is 0 Å². The van der Waals surface area contributed by atoms with Crippen LogP contribution in [0.15, 0.2) is 212 Å². The van der Waals surface area contributed by atoms with Gasteiger partial charge in [-0.15, -0.1) is 0 Å². The average molecular weight is 772 g/mol. The van der Waals surface area contributed by atoms with Gasteiger partial charge in [-0.1, -0.05) is 162 Å². The molecule has 9 aromatic rings. The van der Waals surface area contributed by atoms with Crippen LogP contribution in [0.4, 0.5) is 17.1 Å². The summed E-state index contributed by atoms with van der Waals surface area (Å²) in [4.78, 5) is 2.45. The molecule has 0 aromatic heterocycles. The van der Waals surface area contributed by atoms with Crippen LogP contribution in [0.2, 0.25) is 0 Å². The molecular formula is C51H37N2O2P2+. The Hall–Kier alpha value is -6.57. The maximum atomic E-state index is 15.2. The summed E-state index contributed by atoms with van der Waals surface area (Å²) >= 11 is 0. The molecule has 0 aliphatic carbocycles. The van der Waals surface area contributed by atoms with Crippen molar-refractivity contribution in [3.63, 3.8) is 0 Å². The quantitative estimate of drug-likeness (QED) is 0.177. The normalized spacial score (nSPS) is 13.7. The first-order chi connectivity index (χ1) is 28.1. The number of anilines is 3. The van der Waals surface area contributed by atoms with Gasteiger partial charge in [0.1, 0.15) is 6.17 Å². The molecule has 0 amide bonds. The highest BCUT2D eigenvalue weighted by atomic mass is 31.2. The first kappa shape index (κ1) is 34.9. The summed E-state index contributed by atoms with van der Waals surface area (Å²) in [7, 11) is -4.51. The number of hydrogen-bond acceptors (Lipinski definition) is 4. The molecule has 2 aliphatic rings. The molecule has 57 heavy (non-hydrogen) atoms. The van der Waals surface area contributed by atoms with E-state index in [0.717, 1.165) is 43.0 Å². The fourth-order valence-electron chi connectivity index (χ4n) is 8.33. The fourth-order valence-corrected chi connectivity index (χ4v) is 12.2. The van der Waals surface area contributed by atoms with E-state index in [1.165, 1.54) is 38.8 Å². The smallest absolute Gasteiger partial charge is 0.359 e. The van der Waals surface area contributed by atoms with E-state index >= 15 is 4.57 Å². The Morgan fingerprint density at radius 2 is 1.02 bits per heavy atom. The topological polar surface area (TPSA) is 49.4 Å². The van der Waals surface area contributed by atoms with Crippen LogP contribution in [-0.4, -0.2) is 0 Å². The average Bonchev–Trinajstić information content (AvgIpc) is 3.69. The largest absolute Gasteiger partial charge is 0.415 e. The summed E-state index contributed by atoms with van der Waals surface area (Å²) in [6.07, 6.45) is -0.000832. The summed E-state index contributed by atoms with van der Waals surface area (Å²) in [5, 5.41) is 12.8. The van der Waals surface area contributed by atoms with E-state index in [1.807, 2.05) is 121 Å². The molecule has 4 nitrogen and oxygen atoms in total. The van der Waals surface area contributed by atoms with Crippen LogP contribution >= 0.6 is 14.9 Å². The first-order valence-electron chi connectivity index (χ1n) is 19.1. The van der Waals surface area contributed by atoms with Crippen molar-refractivity contribution in [3.8, 4) is 11.1 Å². The second-order valence-electron chi connectivity index (χ2n) is 14.3. The van der Waals surface area contributed by atoms with Gasteiger partial charge in [0.25, 0.3) is 0 Å². The molecule has 2 aliphatic heterocycles. The van der Waals surface area contributed by atoms with Gasteiger partial charge in [0.15, 0.2) is 17.8 Å². The lowest BCUT2D eigenvalue weighted by Crippen LogP contribution is -2.28. The highest BCUT2D eigenvalue weighted by Gasteiger charge is 2.39. The Bertz CT molecular complexity index is 2910. The van der Waals surface area contributed by atoms with Crippen molar-refractivity contribution in [3.05, 3.63) is 218 Å². The van der Waals surface area contributed by atoms with E-state index < -0.39 is 14.9 Å². The number of nitrogens with zero attached hydrogens (tertiary/aromatic N) is 1. The number of rotatable bonds is 5. The third-order valence-electron chi connectivity index (χ3n) is 11.0. The summed E-state index contributed by atoms with van der Waals surface area (Å²) in [6, 6.07) is 71.6. The van der Waals surface area contributed by atoms with E-state index in [-0.39, 0.29) is 6.17 Å². The van der Waals surface area contributed by atoms with Gasteiger partial charge < -0.3 is 14.8 Å². The highest BCUT2D eigenvalue weighted by molar-refractivity contribution is 7.85. The second kappa shape index (κ2) is 14.5. The van der Waals surface area contributed by atoms with E-state index in [9.17, 15) is 4.57 Å². The summed E-state index contributed by atoms with van der Waals surface area (Å²) in [6.45, 7) is 0. The van der Waals surface area contributed by atoms with Gasteiger partial charge >= 0.3 is 7.80 Å². The van der Waals surface area contributed by atoms with Crippen LogP contribution in [0.1, 0.15) is 11.7 Å². The Labute approximate surface area is 333 Å². The number of hydrogen-bond donors (Lipinski definition) is 1. The van der Waals surface area contributed by atoms with E-state index in [2.05, 4.69) is 101 Å². The Balaban J connectivity index is 0.000000240. The lowest BCUT2D eigenvalue weighted by atomic mass is 9.86. The molecule has 0 saturated heterocycles. The molecule has 0 spiro atoms. The van der Waals surface area contributed by atoms with Crippen LogP contribution in [0.3, 0.4) is 0 Å². The molecule has 2 heterocycles. The molecule has 0 radical (unpaired) electrons. The van der Waals surface area contributed by atoms with E-state index in [0.29, 0.717) is 0 Å². The number of para-hydroxylation sites is 2. The number of fused-ring (bicyclic) bond motifs is 11. The molecular weight excluding hydrogens is 735 g/mol. The zero-order valence-electron chi connectivity index (χ0n) is 30.9. The van der Waals surface area contributed by atoms with Crippen molar-refractivity contribution in [2.75, 3.05) is 10.2 Å². The minimum Gasteiger partial charge on any atom is -0.359 e. The van der Waals surface area contributed by atoms with Crippen LogP contribution < -0.4 is 36.7 Å². The van der Waals surface area contributed by atoms with Crippen LogP contribution in [-0.2, 0) is 9.13 Å². The predicted molar refractivity (Wildman–Crippen MR) is 241 cm³/mol. The zero-order chi connectivity index (χ0) is 38.3. The summed E-state index contributed by atoms with van der Waals surface area (Å²) in [5.74, 6) is 0. The summed E-state index contributed by atoms with van der Waals surface area (Å²) < 4.78 is 27.2. The van der Waals surface area contributed by atoms with Crippen LogP contribution in [0.5, 0.6) is 0 Å². The van der Waals surface area contributed by atoms with Gasteiger partial charge in [0, 0.05) is 27.0 Å². The van der Waals surface area contributed by atoms with Crippen molar-refractivity contribution in [1.82, 2.24) is 0 Å². The Morgan fingerprint density at radius 3 is 1.68 bits per heavy atom. The number of benzene rings is 9. The number of nitrogens with one attached hydrogen (secondary N) is 1.